The van der Waals surface area contributed by atoms with E-state index in [0.717, 1.165) is 50.4 Å². The number of methoxy groups -OCH3 is 1. The third-order valence-electron chi connectivity index (χ3n) is 5.32. The van der Waals surface area contributed by atoms with Gasteiger partial charge in [-0.2, -0.15) is 0 Å². The average Bonchev–Trinajstić information content (AvgIpc) is 3.14. The molecule has 2 heterocycles. The van der Waals surface area contributed by atoms with Crippen LogP contribution in [0.2, 0.25) is 0 Å². The second-order valence-electron chi connectivity index (χ2n) is 8.07. The first kappa shape index (κ1) is 22.6. The minimum absolute atomic E-state index is 0.237. The van der Waals surface area contributed by atoms with E-state index in [0.29, 0.717) is 24.6 Å². The van der Waals surface area contributed by atoms with Gasteiger partial charge in [0.15, 0.2) is 11.5 Å². The number of nitrogens with zero attached hydrogens (tertiary/aromatic N) is 4. The summed E-state index contributed by atoms with van der Waals surface area (Å²) < 4.78 is 16.3. The van der Waals surface area contributed by atoms with Crippen LogP contribution in [0.3, 0.4) is 0 Å². The zero-order chi connectivity index (χ0) is 21.3. The molecule has 1 N–H and O–H groups in total. The molecule has 1 unspecified atom stereocenters. The number of hydrogen-bond acceptors (Lipinski definition) is 8. The molecule has 8 heteroatoms. The van der Waals surface area contributed by atoms with Gasteiger partial charge in [-0.1, -0.05) is 11.2 Å². The van der Waals surface area contributed by atoms with Crippen molar-refractivity contribution < 1.29 is 19.1 Å². The van der Waals surface area contributed by atoms with Crippen molar-refractivity contribution in [2.45, 2.75) is 25.6 Å². The quantitative estimate of drug-likeness (QED) is 0.625. The maximum absolute atomic E-state index is 10.5. The van der Waals surface area contributed by atoms with Gasteiger partial charge in [0, 0.05) is 38.8 Å². The summed E-state index contributed by atoms with van der Waals surface area (Å²) in [6.45, 7) is 6.42. The number of aliphatic hydroxyl groups excluding tert-OH is 1. The second kappa shape index (κ2) is 11.3. The molecule has 2 aromatic rings. The number of likely N-dealkylation sites (N-methyl/N-ethyl adjacent to an activating group) is 1. The van der Waals surface area contributed by atoms with Crippen LogP contribution in [0.25, 0.3) is 0 Å². The number of hydrogen-bond donors (Lipinski definition) is 1. The lowest BCUT2D eigenvalue weighted by Gasteiger charge is -2.24. The van der Waals surface area contributed by atoms with Crippen LogP contribution in [0.4, 0.5) is 0 Å². The summed E-state index contributed by atoms with van der Waals surface area (Å²) in [5.74, 6) is 1.32. The number of β-amino-alcohol motifs (C(OH)–C–C–N with tert-alkyl or cyclic N) is 1. The van der Waals surface area contributed by atoms with Crippen LogP contribution < -0.4 is 9.47 Å². The summed E-state index contributed by atoms with van der Waals surface area (Å²) in [5, 5.41) is 14.5. The molecule has 1 aromatic heterocycles. The highest BCUT2D eigenvalue weighted by molar-refractivity contribution is 5.43. The van der Waals surface area contributed by atoms with Crippen LogP contribution in [0.15, 0.2) is 35.1 Å². The lowest BCUT2D eigenvalue weighted by molar-refractivity contribution is 0.0685. The molecular weight excluding hydrogens is 384 g/mol. The summed E-state index contributed by atoms with van der Waals surface area (Å²) in [7, 11) is 5.80. The summed E-state index contributed by atoms with van der Waals surface area (Å²) in [6.07, 6.45) is 2.16. The van der Waals surface area contributed by atoms with Crippen LogP contribution in [0, 0.1) is 0 Å². The van der Waals surface area contributed by atoms with Gasteiger partial charge in [-0.25, -0.2) is 0 Å². The molecule has 0 bridgehead atoms. The summed E-state index contributed by atoms with van der Waals surface area (Å²) in [5.41, 5.74) is 1.99. The van der Waals surface area contributed by atoms with Gasteiger partial charge in [-0.3, -0.25) is 9.80 Å². The van der Waals surface area contributed by atoms with E-state index in [2.05, 4.69) is 26.9 Å². The van der Waals surface area contributed by atoms with Gasteiger partial charge in [0.1, 0.15) is 19.0 Å². The first-order valence-electron chi connectivity index (χ1n) is 10.5. The Balaban J connectivity index is 1.53. The van der Waals surface area contributed by atoms with Crippen molar-refractivity contribution in [2.75, 3.05) is 60.5 Å². The number of rotatable bonds is 10. The molecule has 0 saturated carbocycles. The first-order valence-corrected chi connectivity index (χ1v) is 10.5. The molecule has 3 rings (SSSR count). The number of benzene rings is 1. The fourth-order valence-electron chi connectivity index (χ4n) is 3.71. The van der Waals surface area contributed by atoms with Gasteiger partial charge < -0.3 is 24.0 Å². The molecular formula is C22H34N4O4. The summed E-state index contributed by atoms with van der Waals surface area (Å²) in [4.78, 5) is 6.79. The molecule has 0 radical (unpaired) electrons. The van der Waals surface area contributed by atoms with Crippen molar-refractivity contribution in [3.63, 3.8) is 0 Å². The lowest BCUT2D eigenvalue weighted by Crippen LogP contribution is -2.37. The minimum Gasteiger partial charge on any atom is -0.493 e. The number of aliphatic hydroxyl groups is 1. The second-order valence-corrected chi connectivity index (χ2v) is 8.07. The van der Waals surface area contributed by atoms with E-state index in [-0.39, 0.29) is 6.61 Å². The van der Waals surface area contributed by atoms with Gasteiger partial charge >= 0.3 is 0 Å². The Morgan fingerprint density at radius 3 is 2.80 bits per heavy atom. The predicted octanol–water partition coefficient (Wildman–Crippen LogP) is 1.69. The van der Waals surface area contributed by atoms with E-state index in [1.54, 1.807) is 13.4 Å². The topological polar surface area (TPSA) is 74.4 Å². The molecule has 1 aliphatic rings. The van der Waals surface area contributed by atoms with Crippen LogP contribution in [-0.2, 0) is 13.1 Å². The molecule has 1 fully saturated rings. The van der Waals surface area contributed by atoms with E-state index < -0.39 is 6.10 Å². The summed E-state index contributed by atoms with van der Waals surface area (Å²) >= 11 is 0. The van der Waals surface area contributed by atoms with Gasteiger partial charge in [-0.05, 0) is 51.3 Å². The van der Waals surface area contributed by atoms with Crippen molar-refractivity contribution in [3.05, 3.63) is 41.8 Å². The molecule has 0 amide bonds. The Labute approximate surface area is 178 Å². The maximum Gasteiger partial charge on any atom is 0.161 e. The number of aromatic nitrogens is 1. The molecule has 8 nitrogen and oxygen atoms in total. The highest BCUT2D eigenvalue weighted by atomic mass is 16.5. The third kappa shape index (κ3) is 6.98. The fraction of sp³-hybridized carbons (Fsp3) is 0.591. The SMILES string of the molecule is COc1ccc(CN(C)Cc2ccon2)cc1OCC(O)CN1CCCN(C)CC1. The molecule has 1 aliphatic heterocycles. The molecule has 0 spiro atoms. The Kier molecular flexibility index (Phi) is 8.50. The third-order valence-corrected chi connectivity index (χ3v) is 5.32. The van der Waals surface area contributed by atoms with Gasteiger partial charge in [0.2, 0.25) is 0 Å². The van der Waals surface area contributed by atoms with E-state index in [9.17, 15) is 5.11 Å². The van der Waals surface area contributed by atoms with Crippen LogP contribution in [-0.4, -0.2) is 91.6 Å². The predicted molar refractivity (Wildman–Crippen MR) is 115 cm³/mol. The van der Waals surface area contributed by atoms with Crippen LogP contribution in [0.1, 0.15) is 17.7 Å². The lowest BCUT2D eigenvalue weighted by atomic mass is 10.2. The van der Waals surface area contributed by atoms with Gasteiger partial charge in [0.05, 0.1) is 12.8 Å². The maximum atomic E-state index is 10.5. The molecule has 1 saturated heterocycles. The Hall–Kier alpha value is -2.13. The van der Waals surface area contributed by atoms with Crippen molar-refractivity contribution in [1.29, 1.82) is 0 Å². The van der Waals surface area contributed by atoms with Gasteiger partial charge in [0.25, 0.3) is 0 Å². The summed E-state index contributed by atoms with van der Waals surface area (Å²) in [6, 6.07) is 7.77. The standard InChI is InChI=1S/C22H34N4O4/c1-24-8-4-9-26(11-10-24)16-20(27)17-29-22-13-18(5-6-21(22)28-3)14-25(2)15-19-7-12-30-23-19/h5-7,12-13,20,27H,4,8-11,14-17H2,1-3H3. The van der Waals surface area contributed by atoms with Gasteiger partial charge in [-0.15, -0.1) is 0 Å². The largest absolute Gasteiger partial charge is 0.493 e. The first-order chi connectivity index (χ1) is 14.5. The van der Waals surface area contributed by atoms with Crippen molar-refractivity contribution in [3.8, 4) is 11.5 Å². The highest BCUT2D eigenvalue weighted by Crippen LogP contribution is 2.29. The van der Waals surface area contributed by atoms with Crippen LogP contribution >= 0.6 is 0 Å². The zero-order valence-corrected chi connectivity index (χ0v) is 18.3. The van der Waals surface area contributed by atoms with Crippen molar-refractivity contribution in [1.82, 2.24) is 19.9 Å². The zero-order valence-electron chi connectivity index (χ0n) is 18.3. The average molecular weight is 419 g/mol. The molecule has 30 heavy (non-hydrogen) atoms. The molecule has 1 aromatic carbocycles. The Morgan fingerprint density at radius 1 is 1.17 bits per heavy atom. The smallest absolute Gasteiger partial charge is 0.161 e. The molecule has 0 aliphatic carbocycles. The molecule has 1 atom stereocenters. The Bertz CT molecular complexity index is 756. The van der Waals surface area contributed by atoms with E-state index in [1.807, 2.05) is 31.3 Å². The van der Waals surface area contributed by atoms with E-state index in [1.165, 1.54) is 0 Å². The Morgan fingerprint density at radius 2 is 2.03 bits per heavy atom. The van der Waals surface area contributed by atoms with Crippen LogP contribution in [0.5, 0.6) is 11.5 Å². The van der Waals surface area contributed by atoms with Crippen molar-refractivity contribution in [2.24, 2.45) is 0 Å². The monoisotopic (exact) mass is 418 g/mol. The highest BCUT2D eigenvalue weighted by Gasteiger charge is 2.17. The minimum atomic E-state index is -0.545. The molecule has 166 valence electrons. The van der Waals surface area contributed by atoms with Crippen molar-refractivity contribution >= 4 is 0 Å². The van der Waals surface area contributed by atoms with E-state index >= 15 is 0 Å². The fourth-order valence-corrected chi connectivity index (χ4v) is 3.71. The number of ether oxygens (including phenoxy) is 2. The van der Waals surface area contributed by atoms with E-state index in [4.69, 9.17) is 14.0 Å². The normalized spacial score (nSPS) is 17.1.